The number of hydrogen-bond acceptors (Lipinski definition) is 5. The number of benzene rings is 2. The van der Waals surface area contributed by atoms with Gasteiger partial charge in [-0.1, -0.05) is 18.2 Å². The van der Waals surface area contributed by atoms with Crippen LogP contribution in [-0.2, 0) is 0 Å². The van der Waals surface area contributed by atoms with Gasteiger partial charge in [0.2, 0.25) is 0 Å². The van der Waals surface area contributed by atoms with Gasteiger partial charge in [-0.15, -0.1) is 11.3 Å². The topological polar surface area (TPSA) is 85.1 Å². The van der Waals surface area contributed by atoms with Crippen LogP contribution < -0.4 is 5.32 Å². The second kappa shape index (κ2) is 6.73. The smallest absolute Gasteiger partial charge is 0.270 e. The van der Waals surface area contributed by atoms with Crippen molar-refractivity contribution in [2.45, 2.75) is 0 Å². The van der Waals surface area contributed by atoms with E-state index in [4.69, 9.17) is 0 Å². The lowest BCUT2D eigenvalue weighted by Gasteiger charge is -2.03. The van der Waals surface area contributed by atoms with E-state index < -0.39 is 28.0 Å². The number of thiazole rings is 1. The minimum Gasteiger partial charge on any atom is -0.298 e. The minimum absolute atomic E-state index is 0.0853. The largest absolute Gasteiger partial charge is 0.298 e. The van der Waals surface area contributed by atoms with Crippen molar-refractivity contribution in [3.05, 3.63) is 75.2 Å². The molecule has 1 amide bonds. The van der Waals surface area contributed by atoms with E-state index in [1.165, 1.54) is 24.3 Å². The highest BCUT2D eigenvalue weighted by molar-refractivity contribution is 7.14. The number of hydrogen-bond donors (Lipinski definition) is 1. The first-order valence-corrected chi connectivity index (χ1v) is 7.79. The van der Waals surface area contributed by atoms with Gasteiger partial charge in [-0.25, -0.2) is 13.8 Å². The molecule has 0 atom stereocenters. The highest BCUT2D eigenvalue weighted by Gasteiger charge is 2.17. The number of aromatic nitrogens is 1. The van der Waals surface area contributed by atoms with Crippen molar-refractivity contribution < 1.29 is 18.5 Å². The van der Waals surface area contributed by atoms with Crippen LogP contribution in [0.5, 0.6) is 0 Å². The van der Waals surface area contributed by atoms with Crippen molar-refractivity contribution in [3.63, 3.8) is 0 Å². The van der Waals surface area contributed by atoms with Crippen molar-refractivity contribution in [2.75, 3.05) is 5.32 Å². The molecule has 25 heavy (non-hydrogen) atoms. The van der Waals surface area contributed by atoms with Crippen molar-refractivity contribution in [2.24, 2.45) is 0 Å². The Hall–Kier alpha value is -3.20. The molecule has 0 saturated heterocycles. The molecule has 0 unspecified atom stereocenters. The van der Waals surface area contributed by atoms with Gasteiger partial charge in [-0.2, -0.15) is 0 Å². The Morgan fingerprint density at radius 3 is 2.72 bits per heavy atom. The lowest BCUT2D eigenvalue weighted by molar-refractivity contribution is -0.384. The summed E-state index contributed by atoms with van der Waals surface area (Å²) in [4.78, 5) is 26.5. The Morgan fingerprint density at radius 2 is 1.96 bits per heavy atom. The molecule has 9 heteroatoms. The highest BCUT2D eigenvalue weighted by atomic mass is 32.1. The van der Waals surface area contributed by atoms with Crippen molar-refractivity contribution in [1.29, 1.82) is 0 Å². The normalized spacial score (nSPS) is 10.5. The number of amides is 1. The van der Waals surface area contributed by atoms with Gasteiger partial charge in [-0.3, -0.25) is 20.2 Å². The summed E-state index contributed by atoms with van der Waals surface area (Å²) in [6, 6.07) is 9.16. The summed E-state index contributed by atoms with van der Waals surface area (Å²) in [5.74, 6) is -3.20. The van der Waals surface area contributed by atoms with Gasteiger partial charge in [0.05, 0.1) is 16.2 Å². The van der Waals surface area contributed by atoms with Crippen LogP contribution >= 0.6 is 11.3 Å². The number of halogens is 2. The molecular weight excluding hydrogens is 352 g/mol. The third-order valence-corrected chi connectivity index (χ3v) is 4.03. The van der Waals surface area contributed by atoms with Crippen LogP contribution in [0.25, 0.3) is 11.3 Å². The number of carbonyl (C=O) groups is 1. The van der Waals surface area contributed by atoms with Crippen LogP contribution in [0.1, 0.15) is 10.4 Å². The fraction of sp³-hybridized carbons (Fsp3) is 0. The predicted molar refractivity (Wildman–Crippen MR) is 88.5 cm³/mol. The van der Waals surface area contributed by atoms with E-state index in [-0.39, 0.29) is 10.8 Å². The molecule has 0 aliphatic carbocycles. The molecule has 0 fully saturated rings. The second-order valence-electron chi connectivity index (χ2n) is 4.90. The Labute approximate surface area is 143 Å². The fourth-order valence-corrected chi connectivity index (χ4v) is 2.80. The van der Waals surface area contributed by atoms with E-state index in [1.54, 1.807) is 11.4 Å². The summed E-state index contributed by atoms with van der Waals surface area (Å²) in [5.41, 5.74) is 0.400. The molecule has 3 aromatic rings. The van der Waals surface area contributed by atoms with Crippen molar-refractivity contribution >= 4 is 28.1 Å². The molecule has 126 valence electrons. The van der Waals surface area contributed by atoms with E-state index in [0.29, 0.717) is 11.3 Å². The molecule has 2 aromatic carbocycles. The molecule has 0 bridgehead atoms. The van der Waals surface area contributed by atoms with E-state index in [9.17, 15) is 23.7 Å². The van der Waals surface area contributed by atoms with Crippen LogP contribution in [-0.4, -0.2) is 15.8 Å². The molecule has 1 N–H and O–H groups in total. The van der Waals surface area contributed by atoms with Gasteiger partial charge in [0, 0.05) is 23.1 Å². The molecule has 1 heterocycles. The Balaban J connectivity index is 1.82. The van der Waals surface area contributed by atoms with E-state index in [1.807, 2.05) is 0 Å². The average molecular weight is 361 g/mol. The summed E-state index contributed by atoms with van der Waals surface area (Å²) < 4.78 is 26.8. The third kappa shape index (κ3) is 3.50. The number of nitrogens with zero attached hydrogens (tertiary/aromatic N) is 2. The van der Waals surface area contributed by atoms with Crippen molar-refractivity contribution in [3.8, 4) is 11.3 Å². The summed E-state index contributed by atoms with van der Waals surface area (Å²) in [7, 11) is 0. The number of nitro groups is 1. The monoisotopic (exact) mass is 361 g/mol. The zero-order valence-electron chi connectivity index (χ0n) is 12.4. The zero-order valence-corrected chi connectivity index (χ0v) is 13.2. The van der Waals surface area contributed by atoms with Gasteiger partial charge in [-0.05, 0) is 12.1 Å². The summed E-state index contributed by atoms with van der Waals surface area (Å²) in [6.07, 6.45) is 0. The molecule has 0 spiro atoms. The summed E-state index contributed by atoms with van der Waals surface area (Å²) in [5, 5.41) is 15.0. The SMILES string of the molecule is O=C(Nc1nc(-c2cccc([N+](=O)[O-])c2)cs1)c1cccc(F)c1F. The molecule has 6 nitrogen and oxygen atoms in total. The zero-order chi connectivity index (χ0) is 18.0. The second-order valence-corrected chi connectivity index (χ2v) is 5.76. The molecule has 0 radical (unpaired) electrons. The predicted octanol–water partition coefficient (Wildman–Crippen LogP) is 4.25. The summed E-state index contributed by atoms with van der Waals surface area (Å²) in [6.45, 7) is 0. The highest BCUT2D eigenvalue weighted by Crippen LogP contribution is 2.27. The molecule has 0 saturated carbocycles. The first-order chi connectivity index (χ1) is 12.0. The lowest BCUT2D eigenvalue weighted by Crippen LogP contribution is -2.14. The molecule has 1 aromatic heterocycles. The maximum absolute atomic E-state index is 13.6. The maximum Gasteiger partial charge on any atom is 0.270 e. The average Bonchev–Trinajstić information content (AvgIpc) is 3.06. The number of nitrogens with one attached hydrogen (secondary N) is 1. The van der Waals surface area contributed by atoms with Crippen molar-refractivity contribution in [1.82, 2.24) is 4.98 Å². The van der Waals surface area contributed by atoms with Gasteiger partial charge in [0.15, 0.2) is 16.8 Å². The van der Waals surface area contributed by atoms with E-state index in [0.717, 1.165) is 23.5 Å². The summed E-state index contributed by atoms with van der Waals surface area (Å²) >= 11 is 1.06. The van der Waals surface area contributed by atoms with E-state index in [2.05, 4.69) is 10.3 Å². The lowest BCUT2D eigenvalue weighted by atomic mass is 10.1. The quantitative estimate of drug-likeness (QED) is 0.556. The maximum atomic E-state index is 13.6. The molecular formula is C16H9F2N3O3S. The number of carbonyl (C=O) groups excluding carboxylic acids is 1. The minimum atomic E-state index is -1.24. The Bertz CT molecular complexity index is 975. The fourth-order valence-electron chi connectivity index (χ4n) is 2.09. The first-order valence-electron chi connectivity index (χ1n) is 6.91. The van der Waals surface area contributed by atoms with Gasteiger partial charge >= 0.3 is 0 Å². The standard InChI is InChI=1S/C16H9F2N3O3S/c17-12-6-2-5-11(14(12)18)15(22)20-16-19-13(8-25-16)9-3-1-4-10(7-9)21(23)24/h1-8H,(H,19,20,22). The first kappa shape index (κ1) is 16.7. The van der Waals surface area contributed by atoms with Crippen LogP contribution in [0.2, 0.25) is 0 Å². The Morgan fingerprint density at radius 1 is 1.20 bits per heavy atom. The third-order valence-electron chi connectivity index (χ3n) is 3.27. The number of anilines is 1. The van der Waals surface area contributed by atoms with E-state index >= 15 is 0 Å². The molecule has 0 aliphatic rings. The number of rotatable bonds is 4. The van der Waals surface area contributed by atoms with Gasteiger partial charge in [0.1, 0.15) is 0 Å². The number of nitro benzene ring substituents is 1. The van der Waals surface area contributed by atoms with Crippen LogP contribution in [0, 0.1) is 21.7 Å². The van der Waals surface area contributed by atoms with Crippen LogP contribution in [0.4, 0.5) is 19.6 Å². The van der Waals surface area contributed by atoms with Crippen LogP contribution in [0.3, 0.4) is 0 Å². The van der Waals surface area contributed by atoms with Crippen LogP contribution in [0.15, 0.2) is 47.8 Å². The van der Waals surface area contributed by atoms with Gasteiger partial charge < -0.3 is 0 Å². The Kier molecular flexibility index (Phi) is 4.48. The molecule has 3 rings (SSSR count). The number of non-ortho nitro benzene ring substituents is 1. The van der Waals surface area contributed by atoms with Gasteiger partial charge in [0.25, 0.3) is 11.6 Å². The molecule has 0 aliphatic heterocycles.